The molecule has 0 atom stereocenters. The van der Waals surface area contributed by atoms with Gasteiger partial charge in [-0.15, -0.1) is 11.3 Å². The van der Waals surface area contributed by atoms with Gasteiger partial charge >= 0.3 is 5.97 Å². The number of hydrogen-bond donors (Lipinski definition) is 1. The average Bonchev–Trinajstić information content (AvgIpc) is 2.99. The number of anilines is 1. The predicted octanol–water partition coefficient (Wildman–Crippen LogP) is 2.39. The van der Waals surface area contributed by atoms with Crippen molar-refractivity contribution in [2.24, 2.45) is 0 Å². The zero-order valence-corrected chi connectivity index (χ0v) is 11.1. The van der Waals surface area contributed by atoms with Crippen molar-refractivity contribution in [2.45, 2.75) is 6.92 Å². The number of rotatable bonds is 2. The third-order valence-corrected chi connectivity index (χ3v) is 3.68. The molecule has 3 heterocycles. The van der Waals surface area contributed by atoms with Gasteiger partial charge in [0.25, 0.3) is 0 Å². The molecule has 3 rings (SSSR count). The molecule has 0 aliphatic carbocycles. The highest BCUT2D eigenvalue weighted by atomic mass is 32.1. The molecule has 0 radical (unpaired) electrons. The number of thiazole rings is 1. The van der Waals surface area contributed by atoms with E-state index < -0.39 is 5.97 Å². The number of aryl methyl sites for hydroxylation is 1. The van der Waals surface area contributed by atoms with Crippen molar-refractivity contribution in [1.29, 1.82) is 0 Å². The van der Waals surface area contributed by atoms with Crippen LogP contribution in [-0.2, 0) is 4.94 Å². The number of nitrogen functional groups attached to an aromatic ring is 1. The van der Waals surface area contributed by atoms with Crippen molar-refractivity contribution in [2.75, 3.05) is 5.73 Å². The van der Waals surface area contributed by atoms with Crippen LogP contribution in [0, 0.1) is 6.92 Å². The molecule has 0 aliphatic rings. The standard InChI is InChI=1S/C12H9FN4O2S/c1-6-9(15-5-20-6)7-2-3-8-16-11(14)10(12(18)19-13)17(8)4-7/h2-5H,14H2,1H3. The first-order valence-corrected chi connectivity index (χ1v) is 6.50. The molecule has 0 spiro atoms. The first-order valence-electron chi connectivity index (χ1n) is 5.62. The van der Waals surface area contributed by atoms with E-state index >= 15 is 0 Å². The van der Waals surface area contributed by atoms with E-state index in [0.717, 1.165) is 16.1 Å². The summed E-state index contributed by atoms with van der Waals surface area (Å²) in [6, 6.07) is 3.49. The Morgan fingerprint density at radius 3 is 2.95 bits per heavy atom. The molecule has 0 saturated heterocycles. The molecule has 2 N–H and O–H groups in total. The number of nitrogens with zero attached hydrogens (tertiary/aromatic N) is 3. The van der Waals surface area contributed by atoms with Crippen LogP contribution in [0.15, 0.2) is 23.8 Å². The number of fused-ring (bicyclic) bond motifs is 1. The van der Waals surface area contributed by atoms with Crippen molar-refractivity contribution >= 4 is 28.8 Å². The molecule has 0 aliphatic heterocycles. The summed E-state index contributed by atoms with van der Waals surface area (Å²) in [7, 11) is 0. The predicted molar refractivity (Wildman–Crippen MR) is 72.0 cm³/mol. The molecule has 0 saturated carbocycles. The number of imidazole rings is 1. The average molecular weight is 292 g/mol. The van der Waals surface area contributed by atoms with Gasteiger partial charge < -0.3 is 5.73 Å². The Labute approximate surface area is 116 Å². The molecule has 0 bridgehead atoms. The Balaban J connectivity index is 2.25. The van der Waals surface area contributed by atoms with Crippen LogP contribution in [0.4, 0.5) is 10.3 Å². The van der Waals surface area contributed by atoms with Crippen molar-refractivity contribution in [3.05, 3.63) is 34.4 Å². The number of carbonyl (C=O) groups excluding carboxylic acids is 1. The van der Waals surface area contributed by atoms with Crippen molar-refractivity contribution < 1.29 is 14.3 Å². The highest BCUT2D eigenvalue weighted by Crippen LogP contribution is 2.26. The summed E-state index contributed by atoms with van der Waals surface area (Å²) in [6.07, 6.45) is 1.63. The molecule has 8 heteroatoms. The monoisotopic (exact) mass is 292 g/mol. The lowest BCUT2D eigenvalue weighted by atomic mass is 10.2. The second-order valence-corrected chi connectivity index (χ2v) is 5.17. The SMILES string of the molecule is Cc1scnc1-c1ccc2nc(N)c(C(=O)OF)n2c1. The maximum atomic E-state index is 12.1. The molecule has 3 aromatic rings. The van der Waals surface area contributed by atoms with Crippen LogP contribution < -0.4 is 5.73 Å². The van der Waals surface area contributed by atoms with Crippen molar-refractivity contribution in [3.63, 3.8) is 0 Å². The van der Waals surface area contributed by atoms with E-state index in [-0.39, 0.29) is 11.5 Å². The smallest absolute Gasteiger partial charge is 0.382 e. The molecular formula is C12H9FN4O2S. The van der Waals surface area contributed by atoms with Crippen LogP contribution in [0.3, 0.4) is 0 Å². The molecule has 0 amide bonds. The number of pyridine rings is 1. The zero-order valence-electron chi connectivity index (χ0n) is 10.3. The zero-order chi connectivity index (χ0) is 14.3. The summed E-state index contributed by atoms with van der Waals surface area (Å²) < 4.78 is 13.5. The van der Waals surface area contributed by atoms with Gasteiger partial charge in [-0.1, -0.05) is 0 Å². The Kier molecular flexibility index (Phi) is 2.87. The fourth-order valence-electron chi connectivity index (χ4n) is 2.03. The van der Waals surface area contributed by atoms with Gasteiger partial charge in [0, 0.05) is 21.2 Å². The topological polar surface area (TPSA) is 82.5 Å². The molecular weight excluding hydrogens is 283 g/mol. The van der Waals surface area contributed by atoms with Gasteiger partial charge in [-0.25, -0.2) is 19.7 Å². The maximum Gasteiger partial charge on any atom is 0.399 e. The second-order valence-electron chi connectivity index (χ2n) is 4.11. The lowest BCUT2D eigenvalue weighted by Crippen LogP contribution is -2.06. The Morgan fingerprint density at radius 2 is 2.30 bits per heavy atom. The van der Waals surface area contributed by atoms with Crippen LogP contribution in [0.5, 0.6) is 0 Å². The van der Waals surface area contributed by atoms with Crippen LogP contribution in [0.1, 0.15) is 15.4 Å². The molecule has 20 heavy (non-hydrogen) atoms. The molecule has 102 valence electrons. The summed E-state index contributed by atoms with van der Waals surface area (Å²) in [5, 5.41) is 0. The van der Waals surface area contributed by atoms with E-state index in [2.05, 4.69) is 14.9 Å². The van der Waals surface area contributed by atoms with Crippen LogP contribution >= 0.6 is 11.3 Å². The number of halogens is 1. The minimum atomic E-state index is -1.18. The van der Waals surface area contributed by atoms with E-state index in [1.807, 2.05) is 13.0 Å². The van der Waals surface area contributed by atoms with Crippen LogP contribution in [0.2, 0.25) is 0 Å². The van der Waals surface area contributed by atoms with Gasteiger partial charge in [0.15, 0.2) is 11.5 Å². The molecule has 0 unspecified atom stereocenters. The largest absolute Gasteiger partial charge is 0.399 e. The molecule has 0 fully saturated rings. The van der Waals surface area contributed by atoms with Gasteiger partial charge in [-0.3, -0.25) is 4.40 Å². The summed E-state index contributed by atoms with van der Waals surface area (Å²) in [5.41, 5.74) is 9.21. The van der Waals surface area contributed by atoms with Gasteiger partial charge in [0.05, 0.1) is 11.2 Å². The fourth-order valence-corrected chi connectivity index (χ4v) is 2.62. The number of aromatic nitrogens is 3. The first-order chi connectivity index (χ1) is 9.61. The van der Waals surface area contributed by atoms with E-state index in [1.54, 1.807) is 17.8 Å². The number of hydrogen-bond acceptors (Lipinski definition) is 6. The molecule has 3 aromatic heterocycles. The third-order valence-electron chi connectivity index (χ3n) is 2.93. The molecule has 0 aromatic carbocycles. The lowest BCUT2D eigenvalue weighted by molar-refractivity contribution is -0.0793. The molecule has 6 nitrogen and oxygen atoms in total. The fraction of sp³-hybridized carbons (Fsp3) is 0.0833. The van der Waals surface area contributed by atoms with Crippen molar-refractivity contribution in [1.82, 2.24) is 14.4 Å². The number of carbonyl (C=O) groups is 1. The summed E-state index contributed by atoms with van der Waals surface area (Å²) in [5.74, 6) is -1.26. The Morgan fingerprint density at radius 1 is 1.50 bits per heavy atom. The normalized spacial score (nSPS) is 10.9. The maximum absolute atomic E-state index is 12.1. The number of nitrogens with two attached hydrogens (primary N) is 1. The van der Waals surface area contributed by atoms with Crippen LogP contribution in [-0.4, -0.2) is 20.3 Å². The minimum Gasteiger partial charge on any atom is -0.382 e. The summed E-state index contributed by atoms with van der Waals surface area (Å²) in [4.78, 5) is 23.9. The van der Waals surface area contributed by atoms with Crippen molar-refractivity contribution in [3.8, 4) is 11.3 Å². The summed E-state index contributed by atoms with van der Waals surface area (Å²) in [6.45, 7) is 1.94. The van der Waals surface area contributed by atoms with E-state index in [0.29, 0.717) is 5.65 Å². The minimum absolute atomic E-state index is 0.0835. The van der Waals surface area contributed by atoms with E-state index in [4.69, 9.17) is 5.73 Å². The van der Waals surface area contributed by atoms with E-state index in [9.17, 15) is 9.32 Å². The second kappa shape index (κ2) is 4.57. The summed E-state index contributed by atoms with van der Waals surface area (Å²) >= 11 is 1.51. The van der Waals surface area contributed by atoms with Gasteiger partial charge in [0.1, 0.15) is 5.65 Å². The lowest BCUT2D eigenvalue weighted by Gasteiger charge is -2.02. The first kappa shape index (κ1) is 12.5. The Bertz CT molecular complexity index is 811. The Hall–Kier alpha value is -2.48. The van der Waals surface area contributed by atoms with Crippen LogP contribution in [0.25, 0.3) is 16.9 Å². The van der Waals surface area contributed by atoms with Gasteiger partial charge in [0.2, 0.25) is 0 Å². The quantitative estimate of drug-likeness (QED) is 0.784. The van der Waals surface area contributed by atoms with E-state index in [1.165, 1.54) is 15.7 Å². The van der Waals surface area contributed by atoms with Gasteiger partial charge in [-0.05, 0) is 19.1 Å². The van der Waals surface area contributed by atoms with Gasteiger partial charge in [-0.2, -0.15) is 0 Å². The third kappa shape index (κ3) is 1.81. The highest BCUT2D eigenvalue weighted by Gasteiger charge is 2.20. The highest BCUT2D eigenvalue weighted by molar-refractivity contribution is 7.10.